The van der Waals surface area contributed by atoms with Crippen molar-refractivity contribution < 1.29 is 33.9 Å². The highest BCUT2D eigenvalue weighted by Crippen LogP contribution is 2.22. The number of aliphatic hydroxyl groups is 1. The Balaban J connectivity index is 6.54. The van der Waals surface area contributed by atoms with E-state index in [9.17, 15) is 33.9 Å². The number of rotatable bonds is 20. The number of ketones is 1. The Labute approximate surface area is 270 Å². The lowest BCUT2D eigenvalue weighted by molar-refractivity contribution is -0.155. The summed E-state index contributed by atoms with van der Waals surface area (Å²) in [5, 5.41) is 14.3. The predicted molar refractivity (Wildman–Crippen MR) is 175 cm³/mol. The van der Waals surface area contributed by atoms with Crippen LogP contribution in [0.3, 0.4) is 0 Å². The van der Waals surface area contributed by atoms with Gasteiger partial charge in [0.25, 0.3) is 0 Å². The lowest BCUT2D eigenvalue weighted by Crippen LogP contribution is -2.62. The van der Waals surface area contributed by atoms with Crippen molar-refractivity contribution >= 4 is 35.8 Å². The summed E-state index contributed by atoms with van der Waals surface area (Å²) < 4.78 is 0. The minimum Gasteiger partial charge on any atom is -0.390 e. The molecule has 5 amide bonds. The molecule has 0 aromatic heterocycles. The van der Waals surface area contributed by atoms with Crippen LogP contribution in [0.2, 0.25) is 0 Å². The van der Waals surface area contributed by atoms with Crippen LogP contribution >= 0.6 is 0 Å². The molecule has 0 heterocycles. The standard InChI is InChI=1S/C33H59N5O7/c1-13-25(31(43)35(8)9)34-30(42)28(29(41)23(6)17-15-14-16-18-24(7)40)38(12)33(45)27(22(4)5)37(11)32(44)26(19-21(2)3)36(10)20-39/h14-15,20-23,25-29,41H,13,16-19H2,1-12H3,(H,34,42)/b15-14+. The van der Waals surface area contributed by atoms with E-state index < -0.39 is 53.9 Å². The van der Waals surface area contributed by atoms with Crippen molar-refractivity contribution in [2.75, 3.05) is 35.2 Å². The molecular weight excluding hydrogens is 578 g/mol. The van der Waals surface area contributed by atoms with Crippen molar-refractivity contribution in [1.82, 2.24) is 24.9 Å². The van der Waals surface area contributed by atoms with Gasteiger partial charge in [-0.05, 0) is 50.4 Å². The summed E-state index contributed by atoms with van der Waals surface area (Å²) in [7, 11) is 7.60. The van der Waals surface area contributed by atoms with Crippen molar-refractivity contribution in [3.8, 4) is 0 Å². The van der Waals surface area contributed by atoms with Crippen LogP contribution in [0.1, 0.15) is 80.6 Å². The second kappa shape index (κ2) is 20.0. The quantitative estimate of drug-likeness (QED) is 0.154. The maximum absolute atomic E-state index is 14.2. The second-order valence-electron chi connectivity index (χ2n) is 13.1. The molecule has 2 N–H and O–H groups in total. The fraction of sp³-hybridized carbons (Fsp3) is 0.758. The van der Waals surface area contributed by atoms with E-state index in [0.29, 0.717) is 38.5 Å². The van der Waals surface area contributed by atoms with Gasteiger partial charge in [0.15, 0.2) is 0 Å². The van der Waals surface area contributed by atoms with E-state index in [1.54, 1.807) is 41.8 Å². The van der Waals surface area contributed by atoms with Crippen molar-refractivity contribution in [3.05, 3.63) is 12.2 Å². The average molecular weight is 638 g/mol. The van der Waals surface area contributed by atoms with Gasteiger partial charge in [-0.3, -0.25) is 24.0 Å². The van der Waals surface area contributed by atoms with Crippen LogP contribution in [0, 0.1) is 17.8 Å². The molecule has 258 valence electrons. The van der Waals surface area contributed by atoms with Gasteiger partial charge in [-0.2, -0.15) is 0 Å². The lowest BCUT2D eigenvalue weighted by Gasteiger charge is -2.40. The molecular formula is C33H59N5O7. The highest BCUT2D eigenvalue weighted by Gasteiger charge is 2.42. The fourth-order valence-corrected chi connectivity index (χ4v) is 5.21. The molecule has 0 bridgehead atoms. The zero-order valence-corrected chi connectivity index (χ0v) is 29.6. The molecule has 0 aromatic rings. The smallest absolute Gasteiger partial charge is 0.246 e. The third kappa shape index (κ3) is 12.9. The van der Waals surface area contributed by atoms with Crippen LogP contribution in [0.5, 0.6) is 0 Å². The number of nitrogens with zero attached hydrogens (tertiary/aromatic N) is 4. The molecule has 0 rings (SSSR count). The number of aliphatic hydroxyl groups excluding tert-OH is 1. The third-order valence-corrected chi connectivity index (χ3v) is 8.03. The summed E-state index contributed by atoms with van der Waals surface area (Å²) >= 11 is 0. The predicted octanol–water partition coefficient (Wildman–Crippen LogP) is 2.09. The summed E-state index contributed by atoms with van der Waals surface area (Å²) in [5.74, 6) is -2.68. The first kappa shape index (κ1) is 41.7. The van der Waals surface area contributed by atoms with E-state index in [1.165, 1.54) is 42.8 Å². The molecule has 12 heteroatoms. The first-order chi connectivity index (χ1) is 20.8. The van der Waals surface area contributed by atoms with Crippen molar-refractivity contribution in [1.29, 1.82) is 0 Å². The summed E-state index contributed by atoms with van der Waals surface area (Å²) in [5.41, 5.74) is 0. The number of hydrogen-bond acceptors (Lipinski definition) is 7. The molecule has 0 aliphatic heterocycles. The third-order valence-electron chi connectivity index (χ3n) is 8.03. The normalized spacial score (nSPS) is 15.5. The average Bonchev–Trinajstić information content (AvgIpc) is 2.96. The lowest BCUT2D eigenvalue weighted by atomic mass is 9.91. The summed E-state index contributed by atoms with van der Waals surface area (Å²) in [6.45, 7) is 12.5. The Morgan fingerprint density at radius 1 is 0.822 bits per heavy atom. The molecule has 0 spiro atoms. The van der Waals surface area contributed by atoms with E-state index in [2.05, 4.69) is 5.32 Å². The van der Waals surface area contributed by atoms with E-state index in [-0.39, 0.29) is 23.5 Å². The molecule has 0 aromatic carbocycles. The van der Waals surface area contributed by atoms with Crippen LogP contribution in [0.25, 0.3) is 0 Å². The SMILES string of the molecule is CCC(NC(=O)C(C(O)C(C)C/C=C/CCC(C)=O)N(C)C(=O)C(C(C)C)N(C)C(=O)C(CC(C)C)N(C)C=O)C(=O)N(C)C. The zero-order chi connectivity index (χ0) is 35.2. The van der Waals surface area contributed by atoms with Gasteiger partial charge in [0.2, 0.25) is 30.0 Å². The van der Waals surface area contributed by atoms with Gasteiger partial charge in [0.1, 0.15) is 30.0 Å². The Kier molecular flexibility index (Phi) is 18.5. The van der Waals surface area contributed by atoms with Crippen LogP contribution in [-0.4, -0.2) is 126 Å². The Bertz CT molecular complexity index is 1030. The molecule has 0 aliphatic carbocycles. The molecule has 0 radical (unpaired) electrons. The Hall–Kier alpha value is -3.28. The van der Waals surface area contributed by atoms with Gasteiger partial charge in [0, 0.05) is 41.7 Å². The van der Waals surface area contributed by atoms with Crippen LogP contribution in [-0.2, 0) is 28.8 Å². The number of carbonyl (C=O) groups is 6. The highest BCUT2D eigenvalue weighted by atomic mass is 16.3. The molecule has 12 nitrogen and oxygen atoms in total. The Morgan fingerprint density at radius 3 is 1.82 bits per heavy atom. The first-order valence-corrected chi connectivity index (χ1v) is 15.9. The van der Waals surface area contributed by atoms with Crippen molar-refractivity contribution in [2.24, 2.45) is 17.8 Å². The number of carbonyl (C=O) groups excluding carboxylic acids is 6. The minimum atomic E-state index is -1.38. The van der Waals surface area contributed by atoms with Gasteiger partial charge >= 0.3 is 0 Å². The molecule has 6 unspecified atom stereocenters. The van der Waals surface area contributed by atoms with Gasteiger partial charge in [-0.15, -0.1) is 0 Å². The first-order valence-electron chi connectivity index (χ1n) is 15.9. The van der Waals surface area contributed by atoms with Crippen molar-refractivity contribution in [3.63, 3.8) is 0 Å². The summed E-state index contributed by atoms with van der Waals surface area (Å²) in [6, 6.07) is -4.04. The molecule has 6 atom stereocenters. The van der Waals surface area contributed by atoms with E-state index >= 15 is 0 Å². The summed E-state index contributed by atoms with van der Waals surface area (Å²) in [4.78, 5) is 82.4. The Morgan fingerprint density at radius 2 is 1.38 bits per heavy atom. The van der Waals surface area contributed by atoms with Crippen LogP contribution in [0.4, 0.5) is 0 Å². The largest absolute Gasteiger partial charge is 0.390 e. The van der Waals surface area contributed by atoms with E-state index in [1.807, 2.05) is 26.0 Å². The number of Topliss-reactive ketones (excluding diaryl/α,β-unsaturated/α-hetero) is 1. The maximum Gasteiger partial charge on any atom is 0.246 e. The monoisotopic (exact) mass is 637 g/mol. The topological polar surface area (TPSA) is 148 Å². The van der Waals surface area contributed by atoms with E-state index in [0.717, 1.165) is 4.90 Å². The van der Waals surface area contributed by atoms with Gasteiger partial charge in [0.05, 0.1) is 6.10 Å². The number of allylic oxidation sites excluding steroid dienone is 2. The summed E-state index contributed by atoms with van der Waals surface area (Å²) in [6.07, 6.45) is 4.96. The zero-order valence-electron chi connectivity index (χ0n) is 29.6. The van der Waals surface area contributed by atoms with Crippen LogP contribution < -0.4 is 5.32 Å². The fourth-order valence-electron chi connectivity index (χ4n) is 5.21. The molecule has 0 saturated heterocycles. The maximum atomic E-state index is 14.2. The number of nitrogens with one attached hydrogen (secondary N) is 1. The number of hydrogen-bond donors (Lipinski definition) is 2. The van der Waals surface area contributed by atoms with Crippen molar-refractivity contribution in [2.45, 2.75) is 111 Å². The number of amides is 5. The molecule has 0 saturated carbocycles. The van der Waals surface area contributed by atoms with Gasteiger partial charge in [-0.25, -0.2) is 0 Å². The highest BCUT2D eigenvalue weighted by molar-refractivity contribution is 5.95. The minimum absolute atomic E-state index is 0.0684. The molecule has 0 aliphatic rings. The molecule has 45 heavy (non-hydrogen) atoms. The molecule has 0 fully saturated rings. The van der Waals surface area contributed by atoms with Crippen LogP contribution in [0.15, 0.2) is 12.2 Å². The second-order valence-corrected chi connectivity index (χ2v) is 13.1. The van der Waals surface area contributed by atoms with Gasteiger partial charge < -0.3 is 34.8 Å². The van der Waals surface area contributed by atoms with E-state index in [4.69, 9.17) is 0 Å². The van der Waals surface area contributed by atoms with Gasteiger partial charge in [-0.1, -0.05) is 53.7 Å². The number of likely N-dealkylation sites (N-methyl/N-ethyl adjacent to an activating group) is 4.